The van der Waals surface area contributed by atoms with Gasteiger partial charge in [-0.2, -0.15) is 0 Å². The van der Waals surface area contributed by atoms with Gasteiger partial charge < -0.3 is 9.84 Å². The molecule has 0 aromatic heterocycles. The number of nitrogens with one attached hydrogen (secondary N) is 1. The molecule has 1 aliphatic carbocycles. The van der Waals surface area contributed by atoms with Crippen LogP contribution >= 0.6 is 0 Å². The van der Waals surface area contributed by atoms with Crippen LogP contribution in [0.5, 0.6) is 0 Å². The molecular weight excluding hydrogens is 246 g/mol. The highest BCUT2D eigenvalue weighted by atomic mass is 32.2. The third-order valence-electron chi connectivity index (χ3n) is 3.23. The molecule has 0 heterocycles. The van der Waals surface area contributed by atoms with E-state index in [-0.39, 0.29) is 0 Å². The van der Waals surface area contributed by atoms with Crippen molar-refractivity contribution in [3.05, 3.63) is 0 Å². The van der Waals surface area contributed by atoms with Crippen LogP contribution in [-0.2, 0) is 19.4 Å². The van der Waals surface area contributed by atoms with E-state index in [2.05, 4.69) is 5.32 Å². The molecule has 1 fully saturated rings. The van der Waals surface area contributed by atoms with Crippen LogP contribution in [0.4, 0.5) is 0 Å². The minimum absolute atomic E-state index is 0.328. The zero-order chi connectivity index (χ0) is 13.1. The molecule has 0 saturated heterocycles. The molecule has 7 heteroatoms. The smallest absolute Gasteiger partial charge is 0.325 e. The number of carboxylic acids is 1. The van der Waals surface area contributed by atoms with Gasteiger partial charge in [-0.1, -0.05) is 0 Å². The summed E-state index contributed by atoms with van der Waals surface area (Å²) >= 11 is 0. The van der Waals surface area contributed by atoms with Gasteiger partial charge in [-0.3, -0.25) is 10.1 Å². The van der Waals surface area contributed by atoms with Crippen molar-refractivity contribution >= 4 is 15.8 Å². The van der Waals surface area contributed by atoms with Gasteiger partial charge in [-0.25, -0.2) is 8.42 Å². The SMILES string of the molecule is COCCNC1(C(=O)O)CCCC1S(C)(=O)=O. The summed E-state index contributed by atoms with van der Waals surface area (Å²) in [7, 11) is -1.86. The first-order chi connectivity index (χ1) is 7.84. The highest BCUT2D eigenvalue weighted by Crippen LogP contribution is 2.35. The standard InChI is InChI=1S/C10H19NO5S/c1-16-7-6-11-10(9(12)13)5-3-4-8(10)17(2,14)15/h8,11H,3-7H2,1-2H3,(H,12,13). The lowest BCUT2D eigenvalue weighted by atomic mass is 9.97. The summed E-state index contributed by atoms with van der Waals surface area (Å²) in [4.78, 5) is 11.4. The van der Waals surface area contributed by atoms with Crippen LogP contribution in [0.15, 0.2) is 0 Å². The minimum atomic E-state index is -3.38. The first-order valence-corrected chi connectivity index (χ1v) is 7.46. The molecule has 0 bridgehead atoms. The molecule has 1 rings (SSSR count). The molecule has 0 aliphatic heterocycles. The number of rotatable bonds is 6. The van der Waals surface area contributed by atoms with Gasteiger partial charge >= 0.3 is 5.97 Å². The summed E-state index contributed by atoms with van der Waals surface area (Å²) in [6.45, 7) is 0.681. The van der Waals surface area contributed by atoms with Crippen LogP contribution in [0.2, 0.25) is 0 Å². The fourth-order valence-electron chi connectivity index (χ4n) is 2.45. The lowest BCUT2D eigenvalue weighted by molar-refractivity contribution is -0.144. The van der Waals surface area contributed by atoms with Crippen LogP contribution in [0, 0.1) is 0 Å². The molecule has 0 spiro atoms. The van der Waals surface area contributed by atoms with E-state index in [0.29, 0.717) is 32.4 Å². The maximum atomic E-state index is 11.7. The van der Waals surface area contributed by atoms with E-state index in [0.717, 1.165) is 6.26 Å². The molecule has 2 unspecified atom stereocenters. The number of carbonyl (C=O) groups is 1. The Bertz CT molecular complexity index is 380. The van der Waals surface area contributed by atoms with E-state index in [9.17, 15) is 18.3 Å². The van der Waals surface area contributed by atoms with E-state index >= 15 is 0 Å². The zero-order valence-electron chi connectivity index (χ0n) is 10.1. The first kappa shape index (κ1) is 14.4. The Morgan fingerprint density at radius 3 is 2.71 bits per heavy atom. The summed E-state index contributed by atoms with van der Waals surface area (Å²) in [6.07, 6.45) is 2.43. The second-order valence-electron chi connectivity index (χ2n) is 4.41. The van der Waals surface area contributed by atoms with Crippen LogP contribution in [0.3, 0.4) is 0 Å². The number of hydrogen-bond acceptors (Lipinski definition) is 5. The third-order valence-corrected chi connectivity index (χ3v) is 4.90. The van der Waals surface area contributed by atoms with E-state index in [1.165, 1.54) is 7.11 Å². The Hall–Kier alpha value is -0.660. The second kappa shape index (κ2) is 5.32. The quantitative estimate of drug-likeness (QED) is 0.637. The van der Waals surface area contributed by atoms with E-state index in [1.807, 2.05) is 0 Å². The number of hydrogen-bond donors (Lipinski definition) is 2. The molecule has 17 heavy (non-hydrogen) atoms. The largest absolute Gasteiger partial charge is 0.480 e. The van der Waals surface area contributed by atoms with Crippen molar-refractivity contribution in [2.75, 3.05) is 26.5 Å². The summed E-state index contributed by atoms with van der Waals surface area (Å²) in [5, 5.41) is 11.3. The van der Waals surface area contributed by atoms with Gasteiger partial charge in [0, 0.05) is 19.9 Å². The van der Waals surface area contributed by atoms with E-state index < -0.39 is 26.6 Å². The number of sulfone groups is 1. The van der Waals surface area contributed by atoms with Gasteiger partial charge in [-0.15, -0.1) is 0 Å². The predicted molar refractivity (Wildman–Crippen MR) is 62.7 cm³/mol. The Morgan fingerprint density at radius 1 is 1.59 bits per heavy atom. The fraction of sp³-hybridized carbons (Fsp3) is 0.900. The molecule has 2 N–H and O–H groups in total. The number of ether oxygens (including phenoxy) is 1. The molecule has 0 radical (unpaired) electrons. The molecule has 1 aliphatic rings. The van der Waals surface area contributed by atoms with Crippen molar-refractivity contribution in [3.63, 3.8) is 0 Å². The molecule has 0 aromatic carbocycles. The average molecular weight is 265 g/mol. The van der Waals surface area contributed by atoms with Gasteiger partial charge in [0.15, 0.2) is 9.84 Å². The van der Waals surface area contributed by atoms with Crippen molar-refractivity contribution in [3.8, 4) is 0 Å². The molecule has 6 nitrogen and oxygen atoms in total. The maximum absolute atomic E-state index is 11.7. The van der Waals surface area contributed by atoms with Crippen molar-refractivity contribution in [1.82, 2.24) is 5.32 Å². The van der Waals surface area contributed by atoms with Gasteiger partial charge in [0.1, 0.15) is 5.54 Å². The van der Waals surface area contributed by atoms with Crippen LogP contribution in [0.25, 0.3) is 0 Å². The van der Waals surface area contributed by atoms with Crippen molar-refractivity contribution in [2.24, 2.45) is 0 Å². The summed E-state index contributed by atoms with van der Waals surface area (Å²) < 4.78 is 28.1. The lowest BCUT2D eigenvalue weighted by Crippen LogP contribution is -2.60. The summed E-state index contributed by atoms with van der Waals surface area (Å²) in [5.74, 6) is -1.10. The molecule has 2 atom stereocenters. The molecule has 0 aromatic rings. The first-order valence-electron chi connectivity index (χ1n) is 5.51. The molecule has 1 saturated carbocycles. The van der Waals surface area contributed by atoms with Gasteiger partial charge in [0.05, 0.1) is 11.9 Å². The second-order valence-corrected chi connectivity index (χ2v) is 6.63. The number of carboxylic acid groups (broad SMARTS) is 1. The monoisotopic (exact) mass is 265 g/mol. The predicted octanol–water partition coefficient (Wildman–Crippen LogP) is -0.357. The average Bonchev–Trinajstić information content (AvgIpc) is 2.63. The van der Waals surface area contributed by atoms with Crippen molar-refractivity contribution < 1.29 is 23.1 Å². The molecular formula is C10H19NO5S. The highest BCUT2D eigenvalue weighted by molar-refractivity contribution is 7.91. The van der Waals surface area contributed by atoms with Crippen LogP contribution in [0.1, 0.15) is 19.3 Å². The third kappa shape index (κ3) is 2.97. The van der Waals surface area contributed by atoms with Gasteiger partial charge in [0.2, 0.25) is 0 Å². The van der Waals surface area contributed by atoms with E-state index in [1.54, 1.807) is 0 Å². The Morgan fingerprint density at radius 2 is 2.24 bits per heavy atom. The number of aliphatic carboxylic acids is 1. The van der Waals surface area contributed by atoms with Gasteiger partial charge in [-0.05, 0) is 19.3 Å². The normalized spacial score (nSPS) is 29.4. The topological polar surface area (TPSA) is 92.7 Å². The Labute approximate surface area is 101 Å². The fourth-order valence-corrected chi connectivity index (χ4v) is 4.08. The lowest BCUT2D eigenvalue weighted by Gasteiger charge is -2.31. The van der Waals surface area contributed by atoms with Crippen molar-refractivity contribution in [2.45, 2.75) is 30.1 Å². The van der Waals surface area contributed by atoms with Crippen LogP contribution in [-0.4, -0.2) is 56.8 Å². The van der Waals surface area contributed by atoms with Gasteiger partial charge in [0.25, 0.3) is 0 Å². The summed E-state index contributed by atoms with van der Waals surface area (Å²) in [5.41, 5.74) is -1.36. The number of methoxy groups -OCH3 is 1. The van der Waals surface area contributed by atoms with Crippen molar-refractivity contribution in [1.29, 1.82) is 0 Å². The highest BCUT2D eigenvalue weighted by Gasteiger charge is 2.53. The van der Waals surface area contributed by atoms with Crippen LogP contribution < -0.4 is 5.32 Å². The minimum Gasteiger partial charge on any atom is -0.480 e. The van der Waals surface area contributed by atoms with E-state index in [4.69, 9.17) is 4.74 Å². The maximum Gasteiger partial charge on any atom is 0.325 e. The molecule has 100 valence electrons. The zero-order valence-corrected chi connectivity index (χ0v) is 10.9. The molecule has 0 amide bonds. The summed E-state index contributed by atoms with van der Waals surface area (Å²) in [6, 6.07) is 0. The Kier molecular flexibility index (Phi) is 4.51. The Balaban J connectivity index is 2.94.